The predicted octanol–water partition coefficient (Wildman–Crippen LogP) is 2.78. The number of benzene rings is 1. The molecule has 0 bridgehead atoms. The molecule has 27 heavy (non-hydrogen) atoms. The lowest BCUT2D eigenvalue weighted by Crippen LogP contribution is -2.38. The molecule has 2 aliphatic rings. The molecule has 3 heterocycles. The molecule has 0 aliphatic carbocycles. The minimum absolute atomic E-state index is 0.199. The molecule has 2 unspecified atom stereocenters. The highest BCUT2D eigenvalue weighted by atomic mass is 35.5. The van der Waals surface area contributed by atoms with Crippen LogP contribution in [0, 0.1) is 6.92 Å². The van der Waals surface area contributed by atoms with Gasteiger partial charge in [-0.15, -0.1) is 0 Å². The number of hydrogen-bond donors (Lipinski definition) is 2. The van der Waals surface area contributed by atoms with Crippen molar-refractivity contribution >= 4 is 29.1 Å². The number of aromatic nitrogens is 2. The Bertz CT molecular complexity index is 910. The van der Waals surface area contributed by atoms with E-state index in [1.807, 2.05) is 0 Å². The second-order valence-electron chi connectivity index (χ2n) is 6.68. The molecular formula is C18H18Cl2FN5O. The quantitative estimate of drug-likeness (QED) is 0.797. The van der Waals surface area contributed by atoms with Crippen molar-refractivity contribution < 1.29 is 9.18 Å². The molecule has 0 saturated carbocycles. The number of hydrogen-bond acceptors (Lipinski definition) is 5. The average molecular weight is 410 g/mol. The van der Waals surface area contributed by atoms with Crippen molar-refractivity contribution in [1.82, 2.24) is 25.7 Å². The smallest absolute Gasteiger partial charge is 0.255 e. The molecule has 1 saturated heterocycles. The number of hydrazine groups is 1. The van der Waals surface area contributed by atoms with Gasteiger partial charge in [0.2, 0.25) is 0 Å². The van der Waals surface area contributed by atoms with Gasteiger partial charge >= 0.3 is 0 Å². The Kier molecular flexibility index (Phi) is 5.03. The molecule has 1 aromatic heterocycles. The summed E-state index contributed by atoms with van der Waals surface area (Å²) in [5.41, 5.74) is 8.46. The summed E-state index contributed by atoms with van der Waals surface area (Å²) in [4.78, 5) is 23.6. The zero-order chi connectivity index (χ0) is 19.1. The minimum Gasteiger partial charge on any atom is -0.332 e. The summed E-state index contributed by atoms with van der Waals surface area (Å²) in [6, 6.07) is 4.49. The molecule has 142 valence electrons. The maximum absolute atomic E-state index is 14.2. The molecule has 2 aromatic rings. The summed E-state index contributed by atoms with van der Waals surface area (Å²) in [6.07, 6.45) is -0.506. The number of alkyl halides is 1. The zero-order valence-electron chi connectivity index (χ0n) is 14.6. The van der Waals surface area contributed by atoms with E-state index in [0.29, 0.717) is 41.6 Å². The molecule has 0 radical (unpaired) electrons. The van der Waals surface area contributed by atoms with E-state index >= 15 is 0 Å². The van der Waals surface area contributed by atoms with E-state index in [1.54, 1.807) is 30.0 Å². The predicted molar refractivity (Wildman–Crippen MR) is 100 cm³/mol. The van der Waals surface area contributed by atoms with E-state index in [9.17, 15) is 9.18 Å². The largest absolute Gasteiger partial charge is 0.332 e. The summed E-state index contributed by atoms with van der Waals surface area (Å²) in [5, 5.41) is 0.588. The average Bonchev–Trinajstić information content (AvgIpc) is 3.08. The van der Waals surface area contributed by atoms with E-state index in [0.717, 1.165) is 11.3 Å². The summed E-state index contributed by atoms with van der Waals surface area (Å²) in [7, 11) is 0. The highest BCUT2D eigenvalue weighted by Crippen LogP contribution is 2.31. The van der Waals surface area contributed by atoms with Gasteiger partial charge in [-0.05, 0) is 25.5 Å². The third-order valence-corrected chi connectivity index (χ3v) is 5.71. The highest BCUT2D eigenvalue weighted by molar-refractivity contribution is 6.43. The van der Waals surface area contributed by atoms with Crippen LogP contribution in [0.2, 0.25) is 10.0 Å². The molecule has 2 aliphatic heterocycles. The summed E-state index contributed by atoms with van der Waals surface area (Å²) >= 11 is 12.2. The number of halogens is 3. The monoisotopic (exact) mass is 409 g/mol. The number of carbonyl (C=O) groups excluding carboxylic acids is 1. The minimum atomic E-state index is -1.06. The van der Waals surface area contributed by atoms with Crippen molar-refractivity contribution in [3.8, 4) is 0 Å². The molecule has 9 heteroatoms. The number of amides is 1. The third kappa shape index (κ3) is 3.40. The van der Waals surface area contributed by atoms with E-state index in [-0.39, 0.29) is 17.5 Å². The maximum Gasteiger partial charge on any atom is 0.255 e. The van der Waals surface area contributed by atoms with Crippen LogP contribution in [0.25, 0.3) is 0 Å². The van der Waals surface area contributed by atoms with Crippen molar-refractivity contribution in [3.05, 3.63) is 56.6 Å². The Morgan fingerprint density at radius 3 is 2.89 bits per heavy atom. The topological polar surface area (TPSA) is 70.2 Å². The number of carbonyl (C=O) groups is 1. The second kappa shape index (κ2) is 7.31. The highest BCUT2D eigenvalue weighted by Gasteiger charge is 2.34. The fourth-order valence-corrected chi connectivity index (χ4v) is 3.95. The van der Waals surface area contributed by atoms with Crippen LogP contribution < -0.4 is 10.9 Å². The Labute approximate surface area is 166 Å². The first-order valence-corrected chi connectivity index (χ1v) is 9.43. The number of aryl methyl sites for hydroxylation is 1. The van der Waals surface area contributed by atoms with Gasteiger partial charge in [0.15, 0.2) is 0 Å². The number of nitrogens with zero attached hydrogens (tertiary/aromatic N) is 3. The molecule has 1 amide bonds. The molecular weight excluding hydrogens is 392 g/mol. The summed E-state index contributed by atoms with van der Waals surface area (Å²) in [5.74, 6) is 0.356. The van der Waals surface area contributed by atoms with Crippen LogP contribution in [0.5, 0.6) is 0 Å². The van der Waals surface area contributed by atoms with Crippen molar-refractivity contribution in [2.24, 2.45) is 0 Å². The Morgan fingerprint density at radius 1 is 1.33 bits per heavy atom. The standard InChI is InChI=1S/C18H18Cl2FN5O/c1-9-23-14-8-26(18(27)11-3-2-4-12(19)15(11)20)6-5-10(14)16(24-9)17-13(21)7-22-25-17/h2-4,13,17,22,25H,5-8H2,1H3. The SMILES string of the molecule is Cc1nc2c(c(C3NNCC3F)n1)CCN(C(=O)c1cccc(Cl)c1Cl)C2. The van der Waals surface area contributed by atoms with E-state index < -0.39 is 12.2 Å². The molecule has 2 N–H and O–H groups in total. The molecule has 1 fully saturated rings. The normalized spacial score (nSPS) is 22.0. The van der Waals surface area contributed by atoms with Crippen molar-refractivity contribution in [1.29, 1.82) is 0 Å². The van der Waals surface area contributed by atoms with Gasteiger partial charge in [-0.25, -0.2) is 19.8 Å². The molecule has 4 rings (SSSR count). The Morgan fingerprint density at radius 2 is 2.15 bits per heavy atom. The van der Waals surface area contributed by atoms with Gasteiger partial charge in [0.25, 0.3) is 5.91 Å². The number of rotatable bonds is 2. The van der Waals surface area contributed by atoms with Crippen molar-refractivity contribution in [2.45, 2.75) is 32.1 Å². The first kappa shape index (κ1) is 18.6. The fraction of sp³-hybridized carbons (Fsp3) is 0.389. The van der Waals surface area contributed by atoms with Crippen LogP contribution >= 0.6 is 23.2 Å². The number of nitrogens with one attached hydrogen (secondary N) is 2. The summed E-state index contributed by atoms with van der Waals surface area (Å²) < 4.78 is 14.2. The lowest BCUT2D eigenvalue weighted by Gasteiger charge is -2.30. The van der Waals surface area contributed by atoms with Crippen molar-refractivity contribution in [2.75, 3.05) is 13.1 Å². The molecule has 0 spiro atoms. The molecule has 2 atom stereocenters. The van der Waals surface area contributed by atoms with Gasteiger partial charge in [0, 0.05) is 18.7 Å². The van der Waals surface area contributed by atoms with Crippen LogP contribution in [0.15, 0.2) is 18.2 Å². The van der Waals surface area contributed by atoms with Gasteiger partial charge in [0.05, 0.1) is 39.6 Å². The van der Waals surface area contributed by atoms with Crippen LogP contribution in [-0.4, -0.2) is 40.0 Å². The zero-order valence-corrected chi connectivity index (χ0v) is 16.1. The first-order chi connectivity index (χ1) is 13.0. The van der Waals surface area contributed by atoms with Gasteiger partial charge in [-0.1, -0.05) is 29.3 Å². The van der Waals surface area contributed by atoms with Crippen LogP contribution in [-0.2, 0) is 13.0 Å². The first-order valence-electron chi connectivity index (χ1n) is 8.67. The van der Waals surface area contributed by atoms with Gasteiger partial charge < -0.3 is 4.90 Å². The third-order valence-electron chi connectivity index (χ3n) is 4.89. The van der Waals surface area contributed by atoms with Gasteiger partial charge in [-0.3, -0.25) is 10.2 Å². The van der Waals surface area contributed by atoms with Crippen LogP contribution in [0.1, 0.15) is 39.2 Å². The van der Waals surface area contributed by atoms with E-state index in [4.69, 9.17) is 23.2 Å². The van der Waals surface area contributed by atoms with Gasteiger partial charge in [-0.2, -0.15) is 0 Å². The van der Waals surface area contributed by atoms with Gasteiger partial charge in [0.1, 0.15) is 12.0 Å². The lowest BCUT2D eigenvalue weighted by atomic mass is 9.96. The second-order valence-corrected chi connectivity index (χ2v) is 7.46. The molecule has 1 aromatic carbocycles. The Balaban J connectivity index is 1.64. The fourth-order valence-electron chi connectivity index (χ4n) is 3.57. The Hall–Kier alpha value is -1.80. The van der Waals surface area contributed by atoms with Crippen LogP contribution in [0.3, 0.4) is 0 Å². The summed E-state index contributed by atoms with van der Waals surface area (Å²) in [6.45, 7) is 2.81. The van der Waals surface area contributed by atoms with E-state index in [1.165, 1.54) is 0 Å². The van der Waals surface area contributed by atoms with Crippen LogP contribution in [0.4, 0.5) is 4.39 Å². The lowest BCUT2D eigenvalue weighted by molar-refractivity contribution is 0.0731. The maximum atomic E-state index is 14.2. The van der Waals surface area contributed by atoms with E-state index in [2.05, 4.69) is 20.8 Å². The number of fused-ring (bicyclic) bond motifs is 1. The molecule has 6 nitrogen and oxygen atoms in total. The van der Waals surface area contributed by atoms with Crippen molar-refractivity contribution in [3.63, 3.8) is 0 Å².